The second-order valence-electron chi connectivity index (χ2n) is 9.01. The summed E-state index contributed by atoms with van der Waals surface area (Å²) in [5.41, 5.74) is 7.69. The number of aryl methyl sites for hydroxylation is 1. The predicted octanol–water partition coefficient (Wildman–Crippen LogP) is 4.15. The van der Waals surface area contributed by atoms with E-state index in [1.165, 1.54) is 27.2 Å². The van der Waals surface area contributed by atoms with E-state index in [0.29, 0.717) is 36.3 Å². The number of fused-ring (bicyclic) bond motifs is 3. The lowest BCUT2D eigenvalue weighted by Gasteiger charge is -2.36. The van der Waals surface area contributed by atoms with Crippen LogP contribution in [0.1, 0.15) is 22.9 Å². The number of amides is 2. The van der Waals surface area contributed by atoms with Gasteiger partial charge in [-0.3, -0.25) is 0 Å². The number of nitrogens with one attached hydrogen (secondary N) is 2. The molecule has 170 valence electrons. The summed E-state index contributed by atoms with van der Waals surface area (Å²) in [6.07, 6.45) is 0. The summed E-state index contributed by atoms with van der Waals surface area (Å²) in [7, 11) is 0. The van der Waals surface area contributed by atoms with Gasteiger partial charge >= 0.3 is 6.03 Å². The highest BCUT2D eigenvalue weighted by molar-refractivity contribution is 5.94. The van der Waals surface area contributed by atoms with Gasteiger partial charge < -0.3 is 19.6 Å². The molecule has 1 saturated heterocycles. The maximum Gasteiger partial charge on any atom is 0.322 e. The summed E-state index contributed by atoms with van der Waals surface area (Å²) in [6, 6.07) is 27.5. The largest absolute Gasteiger partial charge is 0.359 e. The minimum absolute atomic E-state index is 0.102. The smallest absolute Gasteiger partial charge is 0.322 e. The van der Waals surface area contributed by atoms with Gasteiger partial charge in [-0.2, -0.15) is 0 Å². The summed E-state index contributed by atoms with van der Waals surface area (Å²) >= 11 is 0. The standard InChI is InChI=1S/C28H26N4O2/c1-19-25(26(30-34-19)20-9-3-2-4-10-20)29-28(33)32-17-15-31(16-18-32)27-23-13-7-5-11-21(23)22-12-6-8-14-24(22)27/h2-14,27H,15-18H2,1H3,(H,29,33)/p+1. The molecule has 34 heavy (non-hydrogen) atoms. The molecule has 2 aliphatic rings. The van der Waals surface area contributed by atoms with Crippen molar-refractivity contribution in [1.29, 1.82) is 0 Å². The molecule has 0 unspecified atom stereocenters. The van der Waals surface area contributed by atoms with Gasteiger partial charge in [0.1, 0.15) is 17.4 Å². The third-order valence-electron chi connectivity index (χ3n) is 7.08. The van der Waals surface area contributed by atoms with Crippen LogP contribution < -0.4 is 10.2 Å². The molecule has 4 aromatic rings. The lowest BCUT2D eigenvalue weighted by atomic mass is 10.0. The van der Waals surface area contributed by atoms with Gasteiger partial charge in [0.25, 0.3) is 0 Å². The number of benzene rings is 3. The van der Waals surface area contributed by atoms with Crippen LogP contribution in [0.3, 0.4) is 0 Å². The van der Waals surface area contributed by atoms with Crippen LogP contribution in [0.5, 0.6) is 0 Å². The average Bonchev–Trinajstić information content (AvgIpc) is 3.42. The highest BCUT2D eigenvalue weighted by Gasteiger charge is 2.38. The van der Waals surface area contributed by atoms with Crippen LogP contribution >= 0.6 is 0 Å². The molecule has 0 saturated carbocycles. The van der Waals surface area contributed by atoms with E-state index in [9.17, 15) is 4.79 Å². The molecule has 0 bridgehead atoms. The van der Waals surface area contributed by atoms with Crippen molar-refractivity contribution in [2.24, 2.45) is 0 Å². The minimum atomic E-state index is -0.102. The quantitative estimate of drug-likeness (QED) is 0.492. The monoisotopic (exact) mass is 451 g/mol. The molecule has 2 amide bonds. The molecule has 1 fully saturated rings. The molecule has 1 aromatic heterocycles. The Morgan fingerprint density at radius 1 is 0.912 bits per heavy atom. The molecule has 6 heteroatoms. The summed E-state index contributed by atoms with van der Waals surface area (Å²) in [5.74, 6) is 0.607. The van der Waals surface area contributed by atoms with Crippen LogP contribution in [-0.2, 0) is 0 Å². The van der Waals surface area contributed by atoms with E-state index in [2.05, 4.69) is 59.0 Å². The van der Waals surface area contributed by atoms with Crippen molar-refractivity contribution in [3.63, 3.8) is 0 Å². The van der Waals surface area contributed by atoms with Gasteiger partial charge in [0.2, 0.25) is 0 Å². The number of carbonyl (C=O) groups is 1. The summed E-state index contributed by atoms with van der Waals surface area (Å²) < 4.78 is 5.40. The Bertz CT molecular complexity index is 1290. The Labute approximate surface area is 198 Å². The molecule has 2 N–H and O–H groups in total. The van der Waals surface area contributed by atoms with Crippen molar-refractivity contribution in [3.05, 3.63) is 95.7 Å². The van der Waals surface area contributed by atoms with Crippen LogP contribution in [0.15, 0.2) is 83.4 Å². The van der Waals surface area contributed by atoms with E-state index in [0.717, 1.165) is 18.7 Å². The second-order valence-corrected chi connectivity index (χ2v) is 9.01. The lowest BCUT2D eigenvalue weighted by Crippen LogP contribution is -3.15. The van der Waals surface area contributed by atoms with Gasteiger partial charge in [-0.15, -0.1) is 0 Å². The number of hydrogen-bond donors (Lipinski definition) is 2. The number of aromatic nitrogens is 1. The molecule has 1 aliphatic carbocycles. The highest BCUT2D eigenvalue weighted by Crippen LogP contribution is 2.41. The first kappa shape index (κ1) is 20.7. The predicted molar refractivity (Wildman–Crippen MR) is 132 cm³/mol. The molecular formula is C28H27N4O2+. The van der Waals surface area contributed by atoms with Crippen molar-refractivity contribution in [1.82, 2.24) is 10.1 Å². The third-order valence-corrected chi connectivity index (χ3v) is 7.08. The fourth-order valence-electron chi connectivity index (χ4n) is 5.38. The maximum absolute atomic E-state index is 13.2. The van der Waals surface area contributed by atoms with Gasteiger partial charge in [0.15, 0.2) is 5.76 Å². The minimum Gasteiger partial charge on any atom is -0.359 e. The number of nitrogens with zero attached hydrogens (tertiary/aromatic N) is 2. The number of carbonyl (C=O) groups excluding carboxylic acids is 1. The Kier molecular flexibility index (Phi) is 5.15. The molecular weight excluding hydrogens is 424 g/mol. The number of hydrogen-bond acceptors (Lipinski definition) is 3. The zero-order valence-corrected chi connectivity index (χ0v) is 19.1. The number of piperazine rings is 1. The Morgan fingerprint density at radius 2 is 1.50 bits per heavy atom. The zero-order chi connectivity index (χ0) is 23.1. The first-order valence-corrected chi connectivity index (χ1v) is 11.8. The van der Waals surface area contributed by atoms with Gasteiger partial charge in [-0.05, 0) is 18.1 Å². The fraction of sp³-hybridized carbons (Fsp3) is 0.214. The van der Waals surface area contributed by atoms with Gasteiger partial charge in [-0.1, -0.05) is 84.0 Å². The van der Waals surface area contributed by atoms with Crippen LogP contribution in [0.2, 0.25) is 0 Å². The van der Waals surface area contributed by atoms with Gasteiger partial charge in [0.05, 0.1) is 26.2 Å². The van der Waals surface area contributed by atoms with Crippen molar-refractivity contribution < 1.29 is 14.2 Å². The van der Waals surface area contributed by atoms with E-state index < -0.39 is 0 Å². The topological polar surface area (TPSA) is 62.8 Å². The molecule has 0 radical (unpaired) electrons. The maximum atomic E-state index is 13.2. The number of quaternary nitrogens is 1. The Hall–Kier alpha value is -3.90. The van der Waals surface area contributed by atoms with Crippen molar-refractivity contribution in [2.45, 2.75) is 13.0 Å². The summed E-state index contributed by atoms with van der Waals surface area (Å²) in [5, 5.41) is 7.24. The van der Waals surface area contributed by atoms with Gasteiger partial charge in [0, 0.05) is 16.7 Å². The molecule has 3 aromatic carbocycles. The highest BCUT2D eigenvalue weighted by atomic mass is 16.5. The Balaban J connectivity index is 1.17. The van der Waals surface area contributed by atoms with Crippen LogP contribution in [0.4, 0.5) is 10.5 Å². The first-order chi connectivity index (χ1) is 16.7. The van der Waals surface area contributed by atoms with Crippen LogP contribution in [0.25, 0.3) is 22.4 Å². The normalized spacial score (nSPS) is 15.7. The van der Waals surface area contributed by atoms with Crippen LogP contribution in [-0.4, -0.2) is 42.3 Å². The van der Waals surface area contributed by atoms with E-state index in [1.54, 1.807) is 0 Å². The lowest BCUT2D eigenvalue weighted by molar-refractivity contribution is -0.928. The van der Waals surface area contributed by atoms with E-state index in [-0.39, 0.29) is 6.03 Å². The molecule has 2 heterocycles. The van der Waals surface area contributed by atoms with E-state index >= 15 is 0 Å². The van der Waals surface area contributed by atoms with E-state index in [4.69, 9.17) is 4.52 Å². The molecule has 0 atom stereocenters. The van der Waals surface area contributed by atoms with Crippen LogP contribution in [0, 0.1) is 6.92 Å². The number of anilines is 1. The first-order valence-electron chi connectivity index (χ1n) is 11.8. The molecule has 6 nitrogen and oxygen atoms in total. The van der Waals surface area contributed by atoms with Crippen molar-refractivity contribution in [2.75, 3.05) is 31.5 Å². The number of urea groups is 1. The van der Waals surface area contributed by atoms with Crippen molar-refractivity contribution >= 4 is 11.7 Å². The SMILES string of the molecule is Cc1onc(-c2ccccc2)c1NC(=O)N1CC[NH+](C2c3ccccc3-c3ccccc32)CC1. The molecule has 1 aliphatic heterocycles. The zero-order valence-electron chi connectivity index (χ0n) is 19.1. The second kappa shape index (κ2) is 8.47. The molecule has 0 spiro atoms. The van der Waals surface area contributed by atoms with Crippen molar-refractivity contribution in [3.8, 4) is 22.4 Å². The summed E-state index contributed by atoms with van der Waals surface area (Å²) in [4.78, 5) is 16.6. The van der Waals surface area contributed by atoms with E-state index in [1.807, 2.05) is 42.2 Å². The number of rotatable bonds is 3. The third kappa shape index (κ3) is 3.47. The average molecular weight is 452 g/mol. The molecule has 6 rings (SSSR count). The van der Waals surface area contributed by atoms with Gasteiger partial charge in [-0.25, -0.2) is 4.79 Å². The summed E-state index contributed by atoms with van der Waals surface area (Å²) in [6.45, 7) is 5.02. The Morgan fingerprint density at radius 3 is 2.15 bits per heavy atom. The fourth-order valence-corrected chi connectivity index (χ4v) is 5.38.